The lowest BCUT2D eigenvalue weighted by Crippen LogP contribution is -2.34. The third-order valence-electron chi connectivity index (χ3n) is 2.45. The van der Waals surface area contributed by atoms with E-state index < -0.39 is 10.0 Å². The molecule has 1 unspecified atom stereocenters. The van der Waals surface area contributed by atoms with Gasteiger partial charge in [0, 0.05) is 16.4 Å². The molecule has 1 N–H and O–H groups in total. The second-order valence-corrected chi connectivity index (χ2v) is 7.10. The molecule has 1 aromatic rings. The Morgan fingerprint density at radius 1 is 1.39 bits per heavy atom. The van der Waals surface area contributed by atoms with Crippen molar-refractivity contribution in [3.05, 3.63) is 28.2 Å². The second kappa shape index (κ2) is 7.10. The Kier molecular flexibility index (Phi) is 6.41. The van der Waals surface area contributed by atoms with Gasteiger partial charge in [-0.05, 0) is 31.0 Å². The minimum atomic E-state index is -3.63. The van der Waals surface area contributed by atoms with Crippen molar-refractivity contribution in [3.63, 3.8) is 0 Å². The number of hydrogen-bond donors (Lipinski definition) is 1. The van der Waals surface area contributed by atoms with Gasteiger partial charge in [-0.1, -0.05) is 46.1 Å². The Bertz CT molecular complexity index is 508. The zero-order chi connectivity index (χ0) is 13.8. The Morgan fingerprint density at radius 3 is 2.61 bits per heavy atom. The number of sulfonamides is 1. The summed E-state index contributed by atoms with van der Waals surface area (Å²) in [6.45, 7) is 1.93. The van der Waals surface area contributed by atoms with Crippen LogP contribution in [0.3, 0.4) is 0 Å². The first-order valence-corrected chi connectivity index (χ1v) is 8.80. The molecule has 0 saturated carbocycles. The molecule has 0 bridgehead atoms. The average molecular weight is 375 g/mol. The molecule has 0 amide bonds. The summed E-state index contributed by atoms with van der Waals surface area (Å²) >= 11 is 15.0. The second-order valence-electron chi connectivity index (χ2n) is 3.78. The normalized spacial score (nSPS) is 13.6. The molecule has 102 valence electrons. The minimum Gasteiger partial charge on any atom is -0.208 e. The van der Waals surface area contributed by atoms with Gasteiger partial charge in [-0.15, -0.1) is 0 Å². The zero-order valence-electron chi connectivity index (χ0n) is 9.79. The standard InChI is InChI=1S/C11H14BrCl2NO2S/c1-2-9(5-6-12)15-18(16,17)11-7-8(13)3-4-10(11)14/h3-4,7,9,15H,2,5-6H2,1H3. The smallest absolute Gasteiger partial charge is 0.208 e. The van der Waals surface area contributed by atoms with Gasteiger partial charge in [-0.25, -0.2) is 13.1 Å². The molecule has 0 aliphatic carbocycles. The predicted octanol–water partition coefficient (Wildman–Crippen LogP) is 3.84. The molecule has 1 rings (SSSR count). The number of halogens is 3. The van der Waals surface area contributed by atoms with Crippen LogP contribution in [0.25, 0.3) is 0 Å². The number of hydrogen-bond acceptors (Lipinski definition) is 2. The third kappa shape index (κ3) is 4.38. The van der Waals surface area contributed by atoms with E-state index in [0.717, 1.165) is 5.33 Å². The van der Waals surface area contributed by atoms with Gasteiger partial charge in [-0.3, -0.25) is 0 Å². The van der Waals surface area contributed by atoms with E-state index in [0.29, 0.717) is 17.9 Å². The highest BCUT2D eigenvalue weighted by molar-refractivity contribution is 9.09. The van der Waals surface area contributed by atoms with E-state index in [9.17, 15) is 8.42 Å². The fourth-order valence-corrected chi connectivity index (χ4v) is 4.11. The van der Waals surface area contributed by atoms with Crippen molar-refractivity contribution in [1.82, 2.24) is 4.72 Å². The Morgan fingerprint density at radius 2 is 2.06 bits per heavy atom. The topological polar surface area (TPSA) is 46.2 Å². The van der Waals surface area contributed by atoms with Crippen LogP contribution in [0, 0.1) is 0 Å². The molecule has 1 aromatic carbocycles. The van der Waals surface area contributed by atoms with Crippen molar-refractivity contribution < 1.29 is 8.42 Å². The van der Waals surface area contributed by atoms with Crippen LogP contribution >= 0.6 is 39.1 Å². The molecule has 1 atom stereocenters. The van der Waals surface area contributed by atoms with Gasteiger partial charge in [0.2, 0.25) is 10.0 Å². The first-order valence-electron chi connectivity index (χ1n) is 5.44. The van der Waals surface area contributed by atoms with E-state index in [1.54, 1.807) is 6.07 Å². The van der Waals surface area contributed by atoms with Crippen molar-refractivity contribution in [1.29, 1.82) is 0 Å². The van der Waals surface area contributed by atoms with Gasteiger partial charge < -0.3 is 0 Å². The molecule has 0 aliphatic rings. The molecule has 0 saturated heterocycles. The highest BCUT2D eigenvalue weighted by Gasteiger charge is 2.21. The summed E-state index contributed by atoms with van der Waals surface area (Å²) in [5.41, 5.74) is 0. The summed E-state index contributed by atoms with van der Waals surface area (Å²) < 4.78 is 27.0. The van der Waals surface area contributed by atoms with Gasteiger partial charge in [0.25, 0.3) is 0 Å². The lowest BCUT2D eigenvalue weighted by molar-refractivity contribution is 0.533. The van der Waals surface area contributed by atoms with Crippen LogP contribution in [-0.4, -0.2) is 19.8 Å². The molecule has 0 aromatic heterocycles. The Balaban J connectivity index is 3.02. The van der Waals surface area contributed by atoms with Crippen molar-refractivity contribution in [2.75, 3.05) is 5.33 Å². The molecule has 3 nitrogen and oxygen atoms in total. The van der Waals surface area contributed by atoms with Crippen molar-refractivity contribution >= 4 is 49.2 Å². The van der Waals surface area contributed by atoms with Crippen LogP contribution in [0.1, 0.15) is 19.8 Å². The number of benzene rings is 1. The predicted molar refractivity (Wildman–Crippen MR) is 79.3 cm³/mol. The minimum absolute atomic E-state index is 0.0182. The largest absolute Gasteiger partial charge is 0.242 e. The molecule has 7 heteroatoms. The van der Waals surface area contributed by atoms with Crippen molar-refractivity contribution in [2.24, 2.45) is 0 Å². The quantitative estimate of drug-likeness (QED) is 0.769. The van der Waals surface area contributed by atoms with E-state index in [2.05, 4.69) is 20.7 Å². The third-order valence-corrected chi connectivity index (χ3v) is 5.15. The molecular weight excluding hydrogens is 361 g/mol. The molecule has 0 spiro atoms. The molecule has 0 heterocycles. The van der Waals surface area contributed by atoms with Crippen molar-refractivity contribution in [3.8, 4) is 0 Å². The number of alkyl halides is 1. The van der Waals surface area contributed by atoms with Crippen LogP contribution in [0.4, 0.5) is 0 Å². The highest BCUT2D eigenvalue weighted by Crippen LogP contribution is 2.25. The fraction of sp³-hybridized carbons (Fsp3) is 0.455. The molecule has 0 radical (unpaired) electrons. The highest BCUT2D eigenvalue weighted by atomic mass is 79.9. The SMILES string of the molecule is CCC(CCBr)NS(=O)(=O)c1cc(Cl)ccc1Cl. The maximum atomic E-state index is 12.2. The van der Waals surface area contributed by atoms with Crippen LogP contribution in [0.2, 0.25) is 10.0 Å². The average Bonchev–Trinajstić information content (AvgIpc) is 2.31. The monoisotopic (exact) mass is 373 g/mol. The van der Waals surface area contributed by atoms with E-state index in [1.807, 2.05) is 6.92 Å². The van der Waals surface area contributed by atoms with Gasteiger partial charge in [-0.2, -0.15) is 0 Å². The first-order chi connectivity index (χ1) is 8.40. The first kappa shape index (κ1) is 16.2. The van der Waals surface area contributed by atoms with E-state index in [-0.39, 0.29) is 16.0 Å². The van der Waals surface area contributed by atoms with E-state index in [4.69, 9.17) is 23.2 Å². The van der Waals surface area contributed by atoms with E-state index >= 15 is 0 Å². The van der Waals surface area contributed by atoms with E-state index in [1.165, 1.54) is 12.1 Å². The maximum absolute atomic E-state index is 12.2. The molecular formula is C11H14BrCl2NO2S. The van der Waals surface area contributed by atoms with Gasteiger partial charge in [0.15, 0.2) is 0 Å². The van der Waals surface area contributed by atoms with Gasteiger partial charge in [0.1, 0.15) is 4.90 Å². The summed E-state index contributed by atoms with van der Waals surface area (Å²) in [6.07, 6.45) is 1.43. The van der Waals surface area contributed by atoms with Crippen LogP contribution in [0.5, 0.6) is 0 Å². The summed E-state index contributed by atoms with van der Waals surface area (Å²) in [6, 6.07) is 4.26. The van der Waals surface area contributed by atoms with Gasteiger partial charge in [0.05, 0.1) is 5.02 Å². The van der Waals surface area contributed by atoms with Gasteiger partial charge >= 0.3 is 0 Å². The molecule has 0 aliphatic heterocycles. The Hall–Kier alpha value is 0.190. The molecule has 0 fully saturated rings. The van der Waals surface area contributed by atoms with Crippen LogP contribution in [0.15, 0.2) is 23.1 Å². The zero-order valence-corrected chi connectivity index (χ0v) is 13.7. The lowest BCUT2D eigenvalue weighted by atomic mass is 10.2. The summed E-state index contributed by atoms with van der Waals surface area (Å²) in [4.78, 5) is 0.0182. The summed E-state index contributed by atoms with van der Waals surface area (Å²) in [5.74, 6) is 0. The lowest BCUT2D eigenvalue weighted by Gasteiger charge is -2.16. The van der Waals surface area contributed by atoms with Crippen LogP contribution < -0.4 is 4.72 Å². The van der Waals surface area contributed by atoms with Crippen molar-refractivity contribution in [2.45, 2.75) is 30.7 Å². The summed E-state index contributed by atoms with van der Waals surface area (Å²) in [7, 11) is -3.63. The number of nitrogens with one attached hydrogen (secondary N) is 1. The number of rotatable bonds is 6. The van der Waals surface area contributed by atoms with Crippen LogP contribution in [-0.2, 0) is 10.0 Å². The maximum Gasteiger partial charge on any atom is 0.242 e. The molecule has 18 heavy (non-hydrogen) atoms. The fourth-order valence-electron chi connectivity index (χ4n) is 1.44. The summed E-state index contributed by atoms with van der Waals surface area (Å²) in [5, 5.41) is 1.24. The Labute approximate surface area is 126 Å².